The summed E-state index contributed by atoms with van der Waals surface area (Å²) in [4.78, 5) is 12.1. The second kappa shape index (κ2) is 9.37. The normalized spacial score (nSPS) is 12.1. The van der Waals surface area contributed by atoms with Crippen LogP contribution in [0.15, 0.2) is 24.3 Å². The third kappa shape index (κ3) is 6.14. The van der Waals surface area contributed by atoms with Crippen LogP contribution in [0.2, 0.25) is 0 Å². The molecule has 0 heterocycles. The largest absolute Gasteiger partial charge is 0.488 e. The number of nitrogens with zero attached hydrogens (tertiary/aromatic N) is 1. The highest BCUT2D eigenvalue weighted by atomic mass is 16.5. The Morgan fingerprint density at radius 1 is 1.12 bits per heavy atom. The van der Waals surface area contributed by atoms with Gasteiger partial charge in [-0.3, -0.25) is 4.79 Å². The van der Waals surface area contributed by atoms with Crippen molar-refractivity contribution in [2.75, 3.05) is 26.2 Å². The molecule has 0 radical (unpaired) electrons. The van der Waals surface area contributed by atoms with Gasteiger partial charge in [0.05, 0.1) is 18.5 Å². The van der Waals surface area contributed by atoms with Gasteiger partial charge in [0.2, 0.25) is 0 Å². The van der Waals surface area contributed by atoms with Gasteiger partial charge in [0.25, 0.3) is 0 Å². The Morgan fingerprint density at radius 3 is 2.12 bits per heavy atom. The van der Waals surface area contributed by atoms with Gasteiger partial charge in [-0.05, 0) is 39.6 Å². The number of hydrogen-bond donors (Lipinski definition) is 2. The highest BCUT2D eigenvalue weighted by Gasteiger charge is 2.29. The summed E-state index contributed by atoms with van der Waals surface area (Å²) in [6.07, 6.45) is 0.760. The van der Waals surface area contributed by atoms with E-state index in [1.54, 1.807) is 12.1 Å². The molecule has 5 nitrogen and oxygen atoms in total. The van der Waals surface area contributed by atoms with Gasteiger partial charge in [-0.1, -0.05) is 31.2 Å². The van der Waals surface area contributed by atoms with E-state index in [-0.39, 0.29) is 5.97 Å². The Morgan fingerprint density at radius 2 is 1.68 bits per heavy atom. The number of quaternary nitrogens is 1. The topological polar surface area (TPSA) is 66.8 Å². The monoisotopic (exact) mass is 350 g/mol. The molecule has 0 amide bonds. The van der Waals surface area contributed by atoms with Gasteiger partial charge in [0.1, 0.15) is 19.7 Å². The molecule has 0 aliphatic carbocycles. The molecule has 0 atom stereocenters. The Kier molecular flexibility index (Phi) is 8.12. The zero-order chi connectivity index (χ0) is 19.1. The lowest BCUT2D eigenvalue weighted by atomic mass is 9.80. The van der Waals surface area contributed by atoms with Crippen LogP contribution in [0.5, 0.6) is 0 Å². The highest BCUT2D eigenvalue weighted by molar-refractivity contribution is 6.58. The first-order chi connectivity index (χ1) is 11.7. The summed E-state index contributed by atoms with van der Waals surface area (Å²) in [5.41, 5.74) is 1.19. The number of carbonyl (C=O) groups excluding carboxylic acids is 1. The zero-order valence-electron chi connectivity index (χ0n) is 16.3. The molecule has 0 aromatic heterocycles. The molecule has 0 unspecified atom stereocenters. The van der Waals surface area contributed by atoms with Crippen LogP contribution in [0, 0.1) is 5.41 Å². The summed E-state index contributed by atoms with van der Waals surface area (Å²) in [6.45, 7) is 14.0. The van der Waals surface area contributed by atoms with Crippen LogP contribution in [-0.2, 0) is 16.1 Å². The van der Waals surface area contributed by atoms with Crippen molar-refractivity contribution in [1.29, 1.82) is 0 Å². The van der Waals surface area contributed by atoms with Gasteiger partial charge in [-0.15, -0.1) is 0 Å². The molecule has 2 N–H and O–H groups in total. The van der Waals surface area contributed by atoms with Gasteiger partial charge >= 0.3 is 13.1 Å². The molecule has 1 rings (SSSR count). The third-order valence-corrected chi connectivity index (χ3v) is 5.37. The molecular weight excluding hydrogens is 317 g/mol. The van der Waals surface area contributed by atoms with Gasteiger partial charge in [0, 0.05) is 5.56 Å². The summed E-state index contributed by atoms with van der Waals surface area (Å²) in [5.74, 6) is -0.137. The van der Waals surface area contributed by atoms with Crippen LogP contribution in [0.3, 0.4) is 0 Å². The molecule has 25 heavy (non-hydrogen) atoms. The van der Waals surface area contributed by atoms with E-state index in [4.69, 9.17) is 4.74 Å². The number of rotatable bonds is 10. The molecule has 0 bridgehead atoms. The van der Waals surface area contributed by atoms with Crippen LogP contribution in [0.1, 0.15) is 46.6 Å². The second-order valence-corrected chi connectivity index (χ2v) is 7.34. The molecule has 0 aliphatic rings. The van der Waals surface area contributed by atoms with Crippen LogP contribution < -0.4 is 5.46 Å². The number of benzene rings is 1. The van der Waals surface area contributed by atoms with E-state index in [0.29, 0.717) is 12.1 Å². The van der Waals surface area contributed by atoms with Crippen molar-refractivity contribution < 1.29 is 24.1 Å². The van der Waals surface area contributed by atoms with E-state index >= 15 is 0 Å². The molecule has 1 aromatic carbocycles. The maximum Gasteiger partial charge on any atom is 0.488 e. The number of ether oxygens (including phenoxy) is 1. The van der Waals surface area contributed by atoms with Crippen molar-refractivity contribution in [3.63, 3.8) is 0 Å². The Balaban J connectivity index is 2.71. The predicted molar refractivity (Wildman–Crippen MR) is 101 cm³/mol. The highest BCUT2D eigenvalue weighted by Crippen LogP contribution is 2.22. The van der Waals surface area contributed by atoms with Crippen molar-refractivity contribution >= 4 is 18.6 Å². The van der Waals surface area contributed by atoms with Crippen LogP contribution in [0.25, 0.3) is 0 Å². The average Bonchev–Trinajstić information content (AvgIpc) is 2.61. The Labute approximate surface area is 152 Å². The van der Waals surface area contributed by atoms with Crippen LogP contribution in [-0.4, -0.2) is 53.9 Å². The van der Waals surface area contributed by atoms with E-state index in [0.717, 1.165) is 42.6 Å². The van der Waals surface area contributed by atoms with Crippen molar-refractivity contribution in [2.24, 2.45) is 5.41 Å². The Hall–Kier alpha value is -1.37. The SMILES string of the molecule is CCC(C)(C)C(=O)OCC[N+](CC)(CC)Cc1ccc(B(O)O)cc1. The van der Waals surface area contributed by atoms with E-state index < -0.39 is 12.5 Å². The van der Waals surface area contributed by atoms with Gasteiger partial charge in [-0.25, -0.2) is 0 Å². The lowest BCUT2D eigenvalue weighted by molar-refractivity contribution is -0.937. The summed E-state index contributed by atoms with van der Waals surface area (Å²) in [5, 5.41) is 18.4. The quantitative estimate of drug-likeness (QED) is 0.383. The molecule has 0 saturated carbocycles. The molecular formula is C19H33BNO4+. The third-order valence-electron chi connectivity index (χ3n) is 5.37. The molecule has 0 fully saturated rings. The first-order valence-corrected chi connectivity index (χ1v) is 9.17. The van der Waals surface area contributed by atoms with Crippen molar-refractivity contribution in [3.05, 3.63) is 29.8 Å². The number of hydrogen-bond acceptors (Lipinski definition) is 4. The van der Waals surface area contributed by atoms with Crippen LogP contribution >= 0.6 is 0 Å². The molecule has 0 saturated heterocycles. The maximum atomic E-state index is 12.1. The summed E-state index contributed by atoms with van der Waals surface area (Å²) < 4.78 is 6.34. The fourth-order valence-corrected chi connectivity index (χ4v) is 2.70. The number of carbonyl (C=O) groups is 1. The number of likely N-dealkylation sites (N-methyl/N-ethyl adjacent to an activating group) is 1. The van der Waals surface area contributed by atoms with Crippen molar-refractivity contribution in [1.82, 2.24) is 0 Å². The number of esters is 1. The fourth-order valence-electron chi connectivity index (χ4n) is 2.70. The molecule has 140 valence electrons. The van der Waals surface area contributed by atoms with E-state index in [9.17, 15) is 14.8 Å². The maximum absolute atomic E-state index is 12.1. The zero-order valence-corrected chi connectivity index (χ0v) is 16.3. The minimum atomic E-state index is -1.44. The lowest BCUT2D eigenvalue weighted by Crippen LogP contribution is -2.49. The summed E-state index contributed by atoms with van der Waals surface area (Å²) in [7, 11) is -1.44. The van der Waals surface area contributed by atoms with E-state index in [1.807, 2.05) is 32.9 Å². The van der Waals surface area contributed by atoms with Crippen molar-refractivity contribution in [3.8, 4) is 0 Å². The molecule has 6 heteroatoms. The minimum Gasteiger partial charge on any atom is -0.459 e. The molecule has 0 aliphatic heterocycles. The van der Waals surface area contributed by atoms with Crippen LogP contribution in [0.4, 0.5) is 0 Å². The van der Waals surface area contributed by atoms with E-state index in [2.05, 4.69) is 13.8 Å². The Bertz CT molecular complexity index is 539. The summed E-state index contributed by atoms with van der Waals surface area (Å²) >= 11 is 0. The summed E-state index contributed by atoms with van der Waals surface area (Å²) in [6, 6.07) is 7.34. The van der Waals surface area contributed by atoms with Gasteiger partial charge in [-0.2, -0.15) is 0 Å². The molecule has 1 aromatic rings. The first-order valence-electron chi connectivity index (χ1n) is 9.17. The van der Waals surface area contributed by atoms with Crippen molar-refractivity contribution in [2.45, 2.75) is 47.6 Å². The van der Waals surface area contributed by atoms with E-state index in [1.165, 1.54) is 0 Å². The first kappa shape index (κ1) is 21.7. The minimum absolute atomic E-state index is 0.137. The smallest absolute Gasteiger partial charge is 0.459 e. The second-order valence-electron chi connectivity index (χ2n) is 7.34. The fraction of sp³-hybridized carbons (Fsp3) is 0.632. The van der Waals surface area contributed by atoms with Gasteiger partial charge < -0.3 is 19.3 Å². The predicted octanol–water partition coefficient (Wildman–Crippen LogP) is 1.70. The average molecular weight is 350 g/mol. The lowest BCUT2D eigenvalue weighted by Gasteiger charge is -2.37. The standard InChI is InChI=1S/C19H33BNO4/c1-6-19(4,5)18(22)25-14-13-21(7-2,8-3)15-16-9-11-17(12-10-16)20(23)24/h9-12,23-24H,6-8,13-15H2,1-5H3/q+1. The molecule has 0 spiro atoms. The van der Waals surface area contributed by atoms with Gasteiger partial charge in [0.15, 0.2) is 0 Å².